The van der Waals surface area contributed by atoms with Crippen molar-refractivity contribution in [3.8, 4) is 0 Å². The number of nitrogens with one attached hydrogen (secondary N) is 1. The standard InChI is InChI=1S/C20H22FN3O2S2/c21-17-3-1-15(2-4-17)19(26)23-9-6-22(7-10-23)8-11-24-18(25)14-28-20(24)16-5-12-27-13-16/h1-5,12-13,20H,6-11,14H2/p+1/t20-/m0/s1. The van der Waals surface area contributed by atoms with Crippen molar-refractivity contribution in [1.29, 1.82) is 0 Å². The number of carbonyl (C=O) groups is 2. The first-order valence-corrected chi connectivity index (χ1v) is 11.4. The molecule has 0 aliphatic carbocycles. The molecule has 2 fully saturated rings. The summed E-state index contributed by atoms with van der Waals surface area (Å²) >= 11 is 3.36. The molecule has 2 aliphatic heterocycles. The Labute approximate surface area is 172 Å². The van der Waals surface area contributed by atoms with Crippen molar-refractivity contribution in [3.63, 3.8) is 0 Å². The normalized spacial score (nSPS) is 20.8. The number of amides is 2. The van der Waals surface area contributed by atoms with Crippen LogP contribution in [0.4, 0.5) is 4.39 Å². The van der Waals surface area contributed by atoms with Gasteiger partial charge in [-0.3, -0.25) is 9.59 Å². The zero-order chi connectivity index (χ0) is 19.5. The fraction of sp³-hybridized carbons (Fsp3) is 0.400. The summed E-state index contributed by atoms with van der Waals surface area (Å²) in [6.45, 7) is 4.74. The Morgan fingerprint density at radius 2 is 1.93 bits per heavy atom. The molecule has 148 valence electrons. The van der Waals surface area contributed by atoms with E-state index in [0.717, 1.165) is 26.2 Å². The van der Waals surface area contributed by atoms with Crippen molar-refractivity contribution in [2.24, 2.45) is 0 Å². The highest BCUT2D eigenvalue weighted by atomic mass is 32.2. The van der Waals surface area contributed by atoms with Crippen LogP contribution in [-0.4, -0.2) is 66.6 Å². The molecule has 1 aromatic heterocycles. The topological polar surface area (TPSA) is 45.1 Å². The van der Waals surface area contributed by atoms with Gasteiger partial charge in [0.25, 0.3) is 5.91 Å². The minimum atomic E-state index is -0.332. The van der Waals surface area contributed by atoms with Gasteiger partial charge in [-0.15, -0.1) is 11.8 Å². The molecule has 0 spiro atoms. The third-order valence-electron chi connectivity index (χ3n) is 5.35. The Morgan fingerprint density at radius 1 is 1.18 bits per heavy atom. The Kier molecular flexibility index (Phi) is 5.99. The lowest BCUT2D eigenvalue weighted by atomic mass is 10.2. The minimum Gasteiger partial charge on any atom is -0.331 e. The van der Waals surface area contributed by atoms with Crippen LogP contribution in [0.3, 0.4) is 0 Å². The summed E-state index contributed by atoms with van der Waals surface area (Å²) in [4.78, 5) is 30.1. The fourth-order valence-electron chi connectivity index (χ4n) is 3.72. The first-order valence-electron chi connectivity index (χ1n) is 9.43. The summed E-state index contributed by atoms with van der Waals surface area (Å²) in [5, 5.41) is 4.31. The number of rotatable bonds is 5. The molecule has 0 bridgehead atoms. The number of halogens is 1. The van der Waals surface area contributed by atoms with Crippen LogP contribution in [0.2, 0.25) is 0 Å². The van der Waals surface area contributed by atoms with Crippen molar-refractivity contribution in [1.82, 2.24) is 9.80 Å². The van der Waals surface area contributed by atoms with Crippen LogP contribution in [-0.2, 0) is 4.79 Å². The summed E-state index contributed by atoms with van der Waals surface area (Å²) in [6.07, 6.45) is 0. The Morgan fingerprint density at radius 3 is 2.61 bits per heavy atom. The lowest BCUT2D eigenvalue weighted by Crippen LogP contribution is -3.15. The Bertz CT molecular complexity index is 820. The average molecular weight is 421 g/mol. The molecule has 2 saturated heterocycles. The van der Waals surface area contributed by atoms with Crippen molar-refractivity contribution in [2.45, 2.75) is 5.37 Å². The van der Waals surface area contributed by atoms with Gasteiger partial charge in [0.1, 0.15) is 11.2 Å². The first kappa shape index (κ1) is 19.4. The molecule has 28 heavy (non-hydrogen) atoms. The van der Waals surface area contributed by atoms with Crippen LogP contribution in [0.5, 0.6) is 0 Å². The second-order valence-electron chi connectivity index (χ2n) is 7.11. The third-order valence-corrected chi connectivity index (χ3v) is 7.31. The number of carbonyl (C=O) groups excluding carboxylic acids is 2. The lowest BCUT2D eigenvalue weighted by molar-refractivity contribution is -0.903. The zero-order valence-electron chi connectivity index (χ0n) is 15.5. The van der Waals surface area contributed by atoms with Crippen LogP contribution in [0.15, 0.2) is 41.1 Å². The maximum atomic E-state index is 13.0. The van der Waals surface area contributed by atoms with Gasteiger partial charge in [0, 0.05) is 5.56 Å². The predicted octanol–water partition coefficient (Wildman–Crippen LogP) is 1.50. The van der Waals surface area contributed by atoms with E-state index in [1.165, 1.54) is 34.7 Å². The van der Waals surface area contributed by atoms with E-state index in [0.29, 0.717) is 24.4 Å². The van der Waals surface area contributed by atoms with E-state index in [1.807, 2.05) is 9.80 Å². The molecular formula is C20H23FN3O2S2+. The van der Waals surface area contributed by atoms with E-state index < -0.39 is 0 Å². The molecule has 1 atom stereocenters. The van der Waals surface area contributed by atoms with Gasteiger partial charge in [-0.2, -0.15) is 11.3 Å². The highest BCUT2D eigenvalue weighted by Gasteiger charge is 2.34. The molecule has 2 aliphatic rings. The number of thioether (sulfide) groups is 1. The van der Waals surface area contributed by atoms with E-state index in [2.05, 4.69) is 16.8 Å². The SMILES string of the molecule is O=C(c1ccc(F)cc1)N1CC[NH+](CCN2C(=O)CS[C@H]2c2ccsc2)CC1. The van der Waals surface area contributed by atoms with E-state index in [-0.39, 0.29) is 23.0 Å². The van der Waals surface area contributed by atoms with Crippen molar-refractivity contribution < 1.29 is 18.9 Å². The van der Waals surface area contributed by atoms with Crippen LogP contribution in [0.25, 0.3) is 0 Å². The predicted molar refractivity (Wildman–Crippen MR) is 109 cm³/mol. The fourth-order valence-corrected chi connectivity index (χ4v) is 5.69. The zero-order valence-corrected chi connectivity index (χ0v) is 17.1. The number of benzene rings is 1. The molecule has 5 nitrogen and oxygen atoms in total. The summed E-state index contributed by atoms with van der Waals surface area (Å²) in [6, 6.07) is 7.82. The summed E-state index contributed by atoms with van der Waals surface area (Å²) in [5.74, 6) is 0.394. The lowest BCUT2D eigenvalue weighted by Gasteiger charge is -2.33. The molecule has 2 amide bonds. The van der Waals surface area contributed by atoms with Gasteiger partial charge >= 0.3 is 0 Å². The molecule has 8 heteroatoms. The minimum absolute atomic E-state index is 0.0392. The van der Waals surface area contributed by atoms with Gasteiger partial charge in [0.15, 0.2) is 0 Å². The Balaban J connectivity index is 1.28. The number of hydrogen-bond acceptors (Lipinski definition) is 4. The van der Waals surface area contributed by atoms with E-state index in [1.54, 1.807) is 23.1 Å². The van der Waals surface area contributed by atoms with Crippen LogP contribution in [0, 0.1) is 5.82 Å². The van der Waals surface area contributed by atoms with Crippen molar-refractivity contribution in [3.05, 3.63) is 58.0 Å². The number of quaternary nitrogens is 1. The molecule has 1 N–H and O–H groups in total. The van der Waals surface area contributed by atoms with Gasteiger partial charge in [-0.1, -0.05) is 0 Å². The summed E-state index contributed by atoms with van der Waals surface area (Å²) in [5.41, 5.74) is 1.74. The molecule has 3 heterocycles. The van der Waals surface area contributed by atoms with E-state index >= 15 is 0 Å². The van der Waals surface area contributed by atoms with E-state index in [4.69, 9.17) is 0 Å². The number of thiophene rings is 1. The number of hydrogen-bond donors (Lipinski definition) is 1. The molecule has 0 unspecified atom stereocenters. The van der Waals surface area contributed by atoms with Crippen molar-refractivity contribution in [2.75, 3.05) is 45.0 Å². The number of nitrogens with zero attached hydrogens (tertiary/aromatic N) is 2. The largest absolute Gasteiger partial charge is 0.331 e. The van der Waals surface area contributed by atoms with Gasteiger partial charge < -0.3 is 14.7 Å². The van der Waals surface area contributed by atoms with Gasteiger partial charge in [-0.25, -0.2) is 4.39 Å². The van der Waals surface area contributed by atoms with Crippen LogP contribution >= 0.6 is 23.1 Å². The number of piperazine rings is 1. The summed E-state index contributed by atoms with van der Waals surface area (Å²) < 4.78 is 13.0. The molecule has 4 rings (SSSR count). The second-order valence-corrected chi connectivity index (χ2v) is 8.95. The highest BCUT2D eigenvalue weighted by molar-refractivity contribution is 8.00. The maximum Gasteiger partial charge on any atom is 0.254 e. The third kappa shape index (κ3) is 4.24. The second kappa shape index (κ2) is 8.63. The van der Waals surface area contributed by atoms with E-state index in [9.17, 15) is 14.0 Å². The quantitative estimate of drug-likeness (QED) is 0.798. The Hall–Kier alpha value is -1.90. The maximum absolute atomic E-state index is 13.0. The molecule has 0 radical (unpaired) electrons. The summed E-state index contributed by atoms with van der Waals surface area (Å²) in [7, 11) is 0. The molecule has 2 aromatic rings. The smallest absolute Gasteiger partial charge is 0.254 e. The highest BCUT2D eigenvalue weighted by Crippen LogP contribution is 2.38. The van der Waals surface area contributed by atoms with Gasteiger partial charge in [0.2, 0.25) is 5.91 Å². The molecule has 0 saturated carbocycles. The molecular weight excluding hydrogens is 397 g/mol. The van der Waals surface area contributed by atoms with Gasteiger partial charge in [0.05, 0.1) is 45.0 Å². The van der Waals surface area contributed by atoms with Crippen LogP contribution < -0.4 is 4.90 Å². The first-order chi connectivity index (χ1) is 13.6. The van der Waals surface area contributed by atoms with Crippen molar-refractivity contribution >= 4 is 34.9 Å². The average Bonchev–Trinajstić information content (AvgIpc) is 3.36. The van der Waals surface area contributed by atoms with Gasteiger partial charge in [-0.05, 0) is 46.7 Å². The molecule has 1 aromatic carbocycles. The monoisotopic (exact) mass is 420 g/mol. The van der Waals surface area contributed by atoms with Crippen LogP contribution in [0.1, 0.15) is 21.3 Å².